The first kappa shape index (κ1) is 34.2. The van der Waals surface area contributed by atoms with E-state index in [1.54, 1.807) is 0 Å². The molecule has 5 aromatic rings. The van der Waals surface area contributed by atoms with E-state index < -0.39 is 30.7 Å². The Labute approximate surface area is 291 Å². The zero-order valence-electron chi connectivity index (χ0n) is 26.8. The summed E-state index contributed by atoms with van der Waals surface area (Å²) in [5.74, 6) is 0. The van der Waals surface area contributed by atoms with Crippen LogP contribution in [0.15, 0.2) is 150 Å². The molecular formula is C41H41BrO6. The molecule has 1 unspecified atom stereocenters. The van der Waals surface area contributed by atoms with E-state index in [9.17, 15) is 0 Å². The molecule has 1 aliphatic heterocycles. The molecule has 248 valence electrons. The van der Waals surface area contributed by atoms with Crippen molar-refractivity contribution in [2.75, 3.05) is 6.61 Å². The van der Waals surface area contributed by atoms with E-state index in [4.69, 9.17) is 28.4 Å². The molecule has 1 heterocycles. The predicted octanol–water partition coefficient (Wildman–Crippen LogP) is 8.66. The third-order valence-corrected chi connectivity index (χ3v) is 8.98. The van der Waals surface area contributed by atoms with Gasteiger partial charge >= 0.3 is 0 Å². The van der Waals surface area contributed by atoms with Gasteiger partial charge in [-0.25, -0.2) is 0 Å². The molecule has 5 atom stereocenters. The van der Waals surface area contributed by atoms with Gasteiger partial charge in [-0.3, -0.25) is 0 Å². The molecule has 6 nitrogen and oxygen atoms in total. The third-order valence-electron chi connectivity index (χ3n) is 8.20. The van der Waals surface area contributed by atoms with Gasteiger partial charge in [0.05, 0.1) is 39.6 Å². The van der Waals surface area contributed by atoms with Crippen LogP contribution in [0, 0.1) is 0 Å². The van der Waals surface area contributed by atoms with Crippen molar-refractivity contribution in [2.24, 2.45) is 0 Å². The summed E-state index contributed by atoms with van der Waals surface area (Å²) in [5, 5.41) is 0. The first-order chi connectivity index (χ1) is 23.7. The normalized spacial score (nSPS) is 20.8. The lowest BCUT2D eigenvalue weighted by Crippen LogP contribution is -2.61. The van der Waals surface area contributed by atoms with E-state index in [0.717, 1.165) is 32.3 Å². The van der Waals surface area contributed by atoms with Crippen molar-refractivity contribution in [3.63, 3.8) is 0 Å². The van der Waals surface area contributed by atoms with Crippen LogP contribution >= 0.6 is 15.9 Å². The first-order valence-corrected chi connectivity index (χ1v) is 17.1. The fourth-order valence-electron chi connectivity index (χ4n) is 5.67. The topological polar surface area (TPSA) is 55.4 Å². The van der Waals surface area contributed by atoms with E-state index in [0.29, 0.717) is 33.0 Å². The van der Waals surface area contributed by atoms with Crippen LogP contribution in [0.2, 0.25) is 0 Å². The first-order valence-electron chi connectivity index (χ1n) is 16.3. The molecule has 0 saturated carbocycles. The fourth-order valence-corrected chi connectivity index (χ4v) is 6.07. The van der Waals surface area contributed by atoms with Crippen molar-refractivity contribution in [2.45, 2.75) is 63.7 Å². The monoisotopic (exact) mass is 708 g/mol. The molecule has 0 bridgehead atoms. The number of benzene rings is 5. The summed E-state index contributed by atoms with van der Waals surface area (Å²) >= 11 is 3.66. The highest BCUT2D eigenvalue weighted by atomic mass is 79.9. The summed E-state index contributed by atoms with van der Waals surface area (Å²) in [4.78, 5) is 0. The molecule has 0 spiro atoms. The number of hydrogen-bond acceptors (Lipinski definition) is 6. The van der Waals surface area contributed by atoms with Crippen LogP contribution in [0.1, 0.15) is 27.8 Å². The van der Waals surface area contributed by atoms with Crippen LogP contribution in [0.5, 0.6) is 0 Å². The maximum atomic E-state index is 6.80. The van der Waals surface area contributed by atoms with Gasteiger partial charge in [-0.15, -0.1) is 0 Å². The molecule has 48 heavy (non-hydrogen) atoms. The van der Waals surface area contributed by atoms with E-state index >= 15 is 0 Å². The minimum Gasteiger partial charge on any atom is -0.374 e. The summed E-state index contributed by atoms with van der Waals surface area (Å²) in [6.45, 7) is 2.14. The SMILES string of the molecule is Brc1ccccc1COC1O[C@H](COCc2ccccc2)[C@@H](OCc2ccccc2)[C@H](OCc2ccccc2)[C@H]1OCc1ccccc1. The molecule has 5 aromatic carbocycles. The Balaban J connectivity index is 1.30. The smallest absolute Gasteiger partial charge is 0.187 e. The van der Waals surface area contributed by atoms with Crippen LogP contribution < -0.4 is 0 Å². The highest BCUT2D eigenvalue weighted by Crippen LogP contribution is 2.32. The summed E-state index contributed by atoms with van der Waals surface area (Å²) in [6.07, 6.45) is -2.93. The van der Waals surface area contributed by atoms with Gasteiger partial charge in [-0.2, -0.15) is 0 Å². The van der Waals surface area contributed by atoms with Gasteiger partial charge in [0.2, 0.25) is 0 Å². The predicted molar refractivity (Wildman–Crippen MR) is 189 cm³/mol. The van der Waals surface area contributed by atoms with Crippen LogP contribution in [0.3, 0.4) is 0 Å². The Kier molecular flexibility index (Phi) is 13.0. The Morgan fingerprint density at radius 2 is 0.875 bits per heavy atom. The zero-order chi connectivity index (χ0) is 32.8. The van der Waals surface area contributed by atoms with Gasteiger partial charge in [0.15, 0.2) is 6.29 Å². The molecular weight excluding hydrogens is 668 g/mol. The van der Waals surface area contributed by atoms with E-state index in [-0.39, 0.29) is 6.61 Å². The van der Waals surface area contributed by atoms with Gasteiger partial charge in [0.25, 0.3) is 0 Å². The number of ether oxygens (including phenoxy) is 6. The summed E-state index contributed by atoms with van der Waals surface area (Å²) < 4.78 is 40.8. The lowest BCUT2D eigenvalue weighted by atomic mass is 9.97. The molecule has 0 aromatic heterocycles. The Morgan fingerprint density at radius 3 is 1.40 bits per heavy atom. The average molecular weight is 710 g/mol. The van der Waals surface area contributed by atoms with E-state index in [1.165, 1.54) is 0 Å². The Bertz CT molecular complexity index is 1620. The maximum Gasteiger partial charge on any atom is 0.187 e. The van der Waals surface area contributed by atoms with E-state index in [1.807, 2.05) is 121 Å². The fraction of sp³-hybridized carbons (Fsp3) is 0.268. The third kappa shape index (κ3) is 9.94. The van der Waals surface area contributed by atoms with Gasteiger partial charge in [-0.05, 0) is 33.9 Å². The molecule has 0 amide bonds. The maximum absolute atomic E-state index is 6.80. The standard InChI is InChI=1S/C41H41BrO6/c42-36-24-14-13-23-35(36)29-47-41-40(46-28-34-21-11-4-12-22-34)39(45-27-33-19-9-3-10-20-33)38(44-26-32-17-7-2-8-18-32)37(48-41)30-43-25-31-15-5-1-6-16-31/h1-24,37-41H,25-30H2/t37-,38-,39+,40-,41?/m1/s1. The lowest BCUT2D eigenvalue weighted by molar-refractivity contribution is -0.330. The minimum atomic E-state index is -0.761. The van der Waals surface area contributed by atoms with Crippen LogP contribution in [0.25, 0.3) is 0 Å². The van der Waals surface area contributed by atoms with Gasteiger partial charge < -0.3 is 28.4 Å². The molecule has 1 saturated heterocycles. The van der Waals surface area contributed by atoms with Crippen molar-refractivity contribution >= 4 is 15.9 Å². The van der Waals surface area contributed by atoms with Gasteiger partial charge in [0, 0.05) is 4.47 Å². The van der Waals surface area contributed by atoms with Crippen LogP contribution in [-0.2, 0) is 61.5 Å². The minimum absolute atomic E-state index is 0.278. The van der Waals surface area contributed by atoms with Crippen molar-refractivity contribution in [3.05, 3.63) is 178 Å². The Hall–Kier alpha value is -3.66. The highest BCUT2D eigenvalue weighted by Gasteiger charge is 2.49. The number of hydrogen-bond donors (Lipinski definition) is 0. The van der Waals surface area contributed by atoms with Crippen molar-refractivity contribution in [3.8, 4) is 0 Å². The molecule has 1 aliphatic rings. The zero-order valence-corrected chi connectivity index (χ0v) is 28.4. The van der Waals surface area contributed by atoms with Crippen molar-refractivity contribution < 1.29 is 28.4 Å². The molecule has 0 radical (unpaired) electrons. The van der Waals surface area contributed by atoms with Crippen LogP contribution in [0.4, 0.5) is 0 Å². The molecule has 1 fully saturated rings. The lowest BCUT2D eigenvalue weighted by Gasteiger charge is -2.46. The molecule has 0 N–H and O–H groups in total. The average Bonchev–Trinajstić information content (AvgIpc) is 3.14. The second kappa shape index (κ2) is 18.2. The highest BCUT2D eigenvalue weighted by molar-refractivity contribution is 9.10. The van der Waals surface area contributed by atoms with Crippen molar-refractivity contribution in [1.82, 2.24) is 0 Å². The second-order valence-electron chi connectivity index (χ2n) is 11.7. The molecule has 7 heteroatoms. The van der Waals surface area contributed by atoms with Gasteiger partial charge in [-0.1, -0.05) is 155 Å². The quantitative estimate of drug-likeness (QED) is 0.102. The van der Waals surface area contributed by atoms with Crippen molar-refractivity contribution in [1.29, 1.82) is 0 Å². The molecule has 6 rings (SSSR count). The number of halogens is 1. The summed E-state index contributed by atoms with van der Waals surface area (Å²) in [6, 6.07) is 48.5. The summed E-state index contributed by atoms with van der Waals surface area (Å²) in [7, 11) is 0. The van der Waals surface area contributed by atoms with E-state index in [2.05, 4.69) is 40.2 Å². The number of rotatable bonds is 16. The largest absolute Gasteiger partial charge is 0.374 e. The Morgan fingerprint density at radius 1 is 0.438 bits per heavy atom. The molecule has 0 aliphatic carbocycles. The van der Waals surface area contributed by atoms with Crippen LogP contribution in [-0.4, -0.2) is 37.3 Å². The summed E-state index contributed by atoms with van der Waals surface area (Å²) in [5.41, 5.74) is 5.23. The van der Waals surface area contributed by atoms with Gasteiger partial charge in [0.1, 0.15) is 24.4 Å². The second-order valence-corrected chi connectivity index (χ2v) is 12.6.